The zero-order valence-electron chi connectivity index (χ0n) is 13.9. The Kier molecular flexibility index (Phi) is 4.66. The third kappa shape index (κ3) is 3.33. The highest BCUT2D eigenvalue weighted by atomic mass is 16.6. The van der Waals surface area contributed by atoms with Gasteiger partial charge in [-0.2, -0.15) is 0 Å². The molecule has 24 heavy (non-hydrogen) atoms. The zero-order chi connectivity index (χ0) is 17.2. The van der Waals surface area contributed by atoms with Crippen molar-refractivity contribution >= 4 is 16.9 Å². The van der Waals surface area contributed by atoms with Gasteiger partial charge in [0, 0.05) is 18.7 Å². The molecule has 1 aliphatic carbocycles. The Morgan fingerprint density at radius 1 is 1.42 bits per heavy atom. The molecule has 6 heteroatoms. The van der Waals surface area contributed by atoms with E-state index in [-0.39, 0.29) is 11.9 Å². The Hall–Kier alpha value is -2.21. The Morgan fingerprint density at radius 2 is 2.12 bits per heavy atom. The van der Waals surface area contributed by atoms with Gasteiger partial charge in [-0.15, -0.1) is 6.58 Å². The van der Waals surface area contributed by atoms with Crippen LogP contribution in [0.3, 0.4) is 0 Å². The molecule has 1 N–H and O–H groups in total. The Labute approximate surface area is 141 Å². The number of nitrogens with zero attached hydrogens (tertiary/aromatic N) is 3. The molecule has 0 atom stereocenters. The topological polar surface area (TPSA) is 79.5 Å². The Bertz CT molecular complexity index is 732. The van der Waals surface area contributed by atoms with Crippen LogP contribution < -0.4 is 0 Å². The smallest absolute Gasteiger partial charge is 0.253 e. The summed E-state index contributed by atoms with van der Waals surface area (Å²) in [6.07, 6.45) is 6.46. The molecule has 0 saturated heterocycles. The summed E-state index contributed by atoms with van der Waals surface area (Å²) in [5.41, 5.74) is 1.18. The van der Waals surface area contributed by atoms with Gasteiger partial charge < -0.3 is 10.0 Å². The summed E-state index contributed by atoms with van der Waals surface area (Å²) >= 11 is 0. The first-order valence-electron chi connectivity index (χ1n) is 8.35. The summed E-state index contributed by atoms with van der Waals surface area (Å²) < 4.78 is 4.67. The fourth-order valence-corrected chi connectivity index (χ4v) is 3.43. The highest BCUT2D eigenvalue weighted by Gasteiger charge is 2.35. The highest BCUT2D eigenvalue weighted by molar-refractivity contribution is 5.97. The molecule has 1 fully saturated rings. The largest absolute Gasteiger partial charge is 0.390 e. The van der Waals surface area contributed by atoms with Gasteiger partial charge in [-0.3, -0.25) is 4.79 Å². The fourth-order valence-electron chi connectivity index (χ4n) is 3.43. The minimum absolute atomic E-state index is 0.0403. The van der Waals surface area contributed by atoms with Crippen molar-refractivity contribution in [1.82, 2.24) is 15.2 Å². The van der Waals surface area contributed by atoms with Crippen molar-refractivity contribution in [1.29, 1.82) is 0 Å². The third-order valence-corrected chi connectivity index (χ3v) is 5.07. The number of fused-ring (bicyclic) bond motifs is 1. The Balaban J connectivity index is 1.65. The van der Waals surface area contributed by atoms with Crippen LogP contribution in [0.15, 0.2) is 35.5 Å². The maximum absolute atomic E-state index is 12.7. The molecule has 1 aromatic carbocycles. The minimum atomic E-state index is -0.611. The summed E-state index contributed by atoms with van der Waals surface area (Å²) in [6.45, 7) is 3.71. The summed E-state index contributed by atoms with van der Waals surface area (Å²) in [5, 5.41) is 18.1. The number of aliphatic hydroxyl groups is 1. The van der Waals surface area contributed by atoms with Crippen molar-refractivity contribution in [2.45, 2.75) is 50.2 Å². The highest BCUT2D eigenvalue weighted by Crippen LogP contribution is 2.34. The predicted molar refractivity (Wildman–Crippen MR) is 90.5 cm³/mol. The van der Waals surface area contributed by atoms with Gasteiger partial charge in [0.05, 0.1) is 5.60 Å². The van der Waals surface area contributed by atoms with E-state index in [9.17, 15) is 9.90 Å². The van der Waals surface area contributed by atoms with Gasteiger partial charge in [0.15, 0.2) is 0 Å². The first-order chi connectivity index (χ1) is 11.5. The van der Waals surface area contributed by atoms with Gasteiger partial charge in [-0.05, 0) is 67.0 Å². The number of amides is 1. The number of carbonyl (C=O) groups is 1. The molecule has 1 amide bonds. The van der Waals surface area contributed by atoms with E-state index in [1.165, 1.54) is 0 Å². The quantitative estimate of drug-likeness (QED) is 0.853. The van der Waals surface area contributed by atoms with E-state index in [4.69, 9.17) is 0 Å². The van der Waals surface area contributed by atoms with Crippen LogP contribution in [0.5, 0.6) is 0 Å². The van der Waals surface area contributed by atoms with Crippen LogP contribution in [-0.4, -0.2) is 44.9 Å². The fraction of sp³-hybridized carbons (Fsp3) is 0.500. The van der Waals surface area contributed by atoms with Crippen molar-refractivity contribution < 1.29 is 14.5 Å². The van der Waals surface area contributed by atoms with Crippen LogP contribution >= 0.6 is 0 Å². The van der Waals surface area contributed by atoms with E-state index >= 15 is 0 Å². The van der Waals surface area contributed by atoms with E-state index in [0.717, 1.165) is 38.5 Å². The second-order valence-electron chi connectivity index (χ2n) is 6.67. The average molecular weight is 329 g/mol. The first-order valence-corrected chi connectivity index (χ1v) is 8.35. The maximum atomic E-state index is 12.7. The second kappa shape index (κ2) is 6.73. The minimum Gasteiger partial charge on any atom is -0.390 e. The molecule has 2 aromatic rings. The van der Waals surface area contributed by atoms with Crippen molar-refractivity contribution in [3.8, 4) is 0 Å². The number of rotatable bonds is 5. The summed E-state index contributed by atoms with van der Waals surface area (Å²) in [7, 11) is 1.83. The van der Waals surface area contributed by atoms with Crippen LogP contribution in [0.4, 0.5) is 0 Å². The molecule has 6 nitrogen and oxygen atoms in total. The third-order valence-electron chi connectivity index (χ3n) is 5.07. The van der Waals surface area contributed by atoms with Gasteiger partial charge in [0.1, 0.15) is 11.0 Å². The van der Waals surface area contributed by atoms with Crippen LogP contribution in [0, 0.1) is 0 Å². The molecule has 1 heterocycles. The van der Waals surface area contributed by atoms with Crippen molar-refractivity contribution in [2.24, 2.45) is 0 Å². The number of carbonyl (C=O) groups excluding carboxylic acids is 1. The monoisotopic (exact) mass is 329 g/mol. The lowest BCUT2D eigenvalue weighted by molar-refractivity contribution is -0.0210. The van der Waals surface area contributed by atoms with Gasteiger partial charge in [0.2, 0.25) is 0 Å². The predicted octanol–water partition coefficient (Wildman–Crippen LogP) is 2.93. The number of hydrogen-bond acceptors (Lipinski definition) is 5. The molecule has 0 unspecified atom stereocenters. The molecule has 128 valence electrons. The van der Waals surface area contributed by atoms with Crippen molar-refractivity contribution in [2.75, 3.05) is 7.05 Å². The molecule has 1 aliphatic rings. The Morgan fingerprint density at radius 3 is 2.83 bits per heavy atom. The van der Waals surface area contributed by atoms with Gasteiger partial charge in [-0.1, -0.05) is 6.08 Å². The molecule has 0 bridgehead atoms. The number of allylic oxidation sites excluding steroid dienone is 1. The molecule has 0 spiro atoms. The number of aromatic nitrogens is 2. The molecule has 1 aromatic heterocycles. The summed E-state index contributed by atoms with van der Waals surface area (Å²) in [6, 6.07) is 5.33. The normalized spacial score (nSPS) is 24.0. The molecule has 0 aliphatic heterocycles. The van der Waals surface area contributed by atoms with Crippen molar-refractivity contribution in [3.63, 3.8) is 0 Å². The zero-order valence-corrected chi connectivity index (χ0v) is 13.9. The average Bonchev–Trinajstić information content (AvgIpc) is 3.07. The van der Waals surface area contributed by atoms with Gasteiger partial charge >= 0.3 is 0 Å². The van der Waals surface area contributed by atoms with E-state index in [1.54, 1.807) is 23.1 Å². The summed E-state index contributed by atoms with van der Waals surface area (Å²) in [5.74, 6) is -0.0403. The van der Waals surface area contributed by atoms with Crippen molar-refractivity contribution in [3.05, 3.63) is 36.4 Å². The van der Waals surface area contributed by atoms with E-state index < -0.39 is 5.60 Å². The molecular formula is C18H23N3O3. The molecule has 0 radical (unpaired) electrons. The number of hydrogen-bond donors (Lipinski definition) is 1. The lowest BCUT2D eigenvalue weighted by Gasteiger charge is -2.39. The van der Waals surface area contributed by atoms with Gasteiger partial charge in [-0.25, -0.2) is 4.63 Å². The van der Waals surface area contributed by atoms with E-state index in [1.807, 2.05) is 13.1 Å². The summed E-state index contributed by atoms with van der Waals surface area (Å²) in [4.78, 5) is 14.5. The lowest BCUT2D eigenvalue weighted by atomic mass is 9.79. The SMILES string of the molecule is C=CCC[C@]1(O)CC[C@H](N(C)C(=O)c2ccc3nonc3c2)CC1. The van der Waals surface area contributed by atoms with Gasteiger partial charge in [0.25, 0.3) is 5.91 Å². The van der Waals surface area contributed by atoms with Crippen LogP contribution in [0.2, 0.25) is 0 Å². The van der Waals surface area contributed by atoms with Crippen LogP contribution in [0.25, 0.3) is 11.0 Å². The molecule has 1 saturated carbocycles. The first kappa shape index (κ1) is 16.6. The van der Waals surface area contributed by atoms with E-state index in [0.29, 0.717) is 16.6 Å². The molecule has 3 rings (SSSR count). The van der Waals surface area contributed by atoms with E-state index in [2.05, 4.69) is 21.5 Å². The standard InChI is InChI=1S/C18H23N3O3/c1-3-4-9-18(23)10-7-14(8-11-18)21(2)17(22)13-5-6-15-16(12-13)20-24-19-15/h3,5-6,12,14,23H,1,4,7-11H2,2H3/t14-,18-. The van der Waals surface area contributed by atoms with Crippen LogP contribution in [-0.2, 0) is 0 Å². The second-order valence-corrected chi connectivity index (χ2v) is 6.67. The molecular weight excluding hydrogens is 306 g/mol. The maximum Gasteiger partial charge on any atom is 0.253 e. The lowest BCUT2D eigenvalue weighted by Crippen LogP contribution is -2.44. The number of benzene rings is 1. The van der Waals surface area contributed by atoms with Crippen LogP contribution in [0.1, 0.15) is 48.9 Å².